The van der Waals surface area contributed by atoms with Gasteiger partial charge in [-0.1, -0.05) is 6.92 Å². The van der Waals surface area contributed by atoms with Gasteiger partial charge in [0.25, 0.3) is 0 Å². The summed E-state index contributed by atoms with van der Waals surface area (Å²) in [5, 5.41) is 8.78. The Kier molecular flexibility index (Phi) is 5.17. The van der Waals surface area contributed by atoms with E-state index >= 15 is 0 Å². The van der Waals surface area contributed by atoms with Crippen LogP contribution in [0.1, 0.15) is 36.9 Å². The Hall–Kier alpha value is -1.31. The van der Waals surface area contributed by atoms with Crippen LogP contribution in [0.3, 0.4) is 0 Å². The van der Waals surface area contributed by atoms with Gasteiger partial charge < -0.3 is 5.32 Å². The second kappa shape index (κ2) is 7.30. The fourth-order valence-electron chi connectivity index (χ4n) is 2.74. The van der Waals surface area contributed by atoms with Gasteiger partial charge in [0.15, 0.2) is 5.13 Å². The number of aryl methyl sites for hydroxylation is 1. The third kappa shape index (κ3) is 3.71. The maximum absolute atomic E-state index is 12.4. The molecule has 0 bridgehead atoms. The van der Waals surface area contributed by atoms with Gasteiger partial charge in [-0.2, -0.15) is 0 Å². The first kappa shape index (κ1) is 15.6. The van der Waals surface area contributed by atoms with Crippen LogP contribution in [0.15, 0.2) is 17.0 Å². The zero-order chi connectivity index (χ0) is 15.4. The molecule has 1 saturated heterocycles. The summed E-state index contributed by atoms with van der Waals surface area (Å²) in [6.45, 7) is 3.88. The van der Waals surface area contributed by atoms with Crippen molar-refractivity contribution >= 4 is 33.7 Å². The van der Waals surface area contributed by atoms with Crippen LogP contribution in [0.4, 0.5) is 5.13 Å². The van der Waals surface area contributed by atoms with Crippen LogP contribution < -0.4 is 5.32 Å². The van der Waals surface area contributed by atoms with E-state index in [1.807, 2.05) is 5.38 Å². The highest BCUT2D eigenvalue weighted by Crippen LogP contribution is 2.23. The van der Waals surface area contributed by atoms with Gasteiger partial charge >= 0.3 is 0 Å². The fraction of sp³-hybridized carbons (Fsp3) is 0.533. The average Bonchev–Trinajstić information content (AvgIpc) is 3.22. The van der Waals surface area contributed by atoms with E-state index < -0.39 is 0 Å². The number of nitrogens with zero attached hydrogens (tertiary/aromatic N) is 3. The number of likely N-dealkylation sites (tertiary alicyclic amines) is 1. The number of carbonyl (C=O) groups is 1. The van der Waals surface area contributed by atoms with Crippen molar-refractivity contribution in [1.82, 2.24) is 14.9 Å². The molecule has 0 aromatic carbocycles. The van der Waals surface area contributed by atoms with E-state index in [1.165, 1.54) is 16.3 Å². The molecule has 0 saturated carbocycles. The minimum atomic E-state index is -0.0692. The molecule has 1 N–H and O–H groups in total. The highest BCUT2D eigenvalue weighted by Gasteiger charge is 2.31. The Morgan fingerprint density at radius 1 is 1.50 bits per heavy atom. The lowest BCUT2D eigenvalue weighted by Gasteiger charge is -2.22. The summed E-state index contributed by atoms with van der Waals surface area (Å²) >= 11 is 3.18. The van der Waals surface area contributed by atoms with Gasteiger partial charge in [-0.05, 0) is 32.2 Å². The van der Waals surface area contributed by atoms with Crippen molar-refractivity contribution in [3.05, 3.63) is 27.7 Å². The summed E-state index contributed by atoms with van der Waals surface area (Å²) in [6, 6.07) is -0.0692. The first-order chi connectivity index (χ1) is 10.8. The lowest BCUT2D eigenvalue weighted by atomic mass is 10.2. The zero-order valence-corrected chi connectivity index (χ0v) is 14.3. The lowest BCUT2D eigenvalue weighted by Crippen LogP contribution is -2.39. The number of thiazole rings is 2. The number of hydrogen-bond donors (Lipinski definition) is 1. The van der Waals surface area contributed by atoms with E-state index in [0.717, 1.165) is 44.5 Å². The molecular formula is C15H20N4OS2. The molecule has 2 aromatic rings. The van der Waals surface area contributed by atoms with E-state index in [0.29, 0.717) is 5.13 Å². The van der Waals surface area contributed by atoms with Gasteiger partial charge in [0.05, 0.1) is 16.7 Å². The Labute approximate surface area is 138 Å². The molecule has 3 heterocycles. The average molecular weight is 336 g/mol. The number of rotatable bonds is 6. The predicted molar refractivity (Wildman–Crippen MR) is 90.3 cm³/mol. The van der Waals surface area contributed by atoms with E-state index in [-0.39, 0.29) is 11.9 Å². The lowest BCUT2D eigenvalue weighted by molar-refractivity contribution is -0.120. The minimum absolute atomic E-state index is 0.0523. The number of anilines is 1. The predicted octanol–water partition coefficient (Wildman–Crippen LogP) is 3.16. The van der Waals surface area contributed by atoms with Crippen LogP contribution in [-0.2, 0) is 17.8 Å². The second-order valence-electron chi connectivity index (χ2n) is 5.44. The van der Waals surface area contributed by atoms with Gasteiger partial charge in [0.2, 0.25) is 5.91 Å². The molecule has 22 heavy (non-hydrogen) atoms. The first-order valence-corrected chi connectivity index (χ1v) is 9.40. The summed E-state index contributed by atoms with van der Waals surface area (Å²) in [7, 11) is 0. The van der Waals surface area contributed by atoms with E-state index in [2.05, 4.69) is 32.5 Å². The van der Waals surface area contributed by atoms with Crippen molar-refractivity contribution in [3.8, 4) is 0 Å². The van der Waals surface area contributed by atoms with Crippen LogP contribution in [0, 0.1) is 0 Å². The smallest absolute Gasteiger partial charge is 0.243 e. The Morgan fingerprint density at radius 3 is 3.18 bits per heavy atom. The van der Waals surface area contributed by atoms with Crippen molar-refractivity contribution in [2.24, 2.45) is 0 Å². The SMILES string of the molecule is CCCc1nc(CN2CCC[C@H]2C(=O)Nc2nccs2)cs1. The molecule has 0 radical (unpaired) electrons. The van der Waals surface area contributed by atoms with Crippen molar-refractivity contribution in [3.63, 3.8) is 0 Å². The number of amides is 1. The van der Waals surface area contributed by atoms with Crippen LogP contribution in [-0.4, -0.2) is 33.4 Å². The van der Waals surface area contributed by atoms with Crippen LogP contribution in [0.25, 0.3) is 0 Å². The Balaban J connectivity index is 1.61. The summed E-state index contributed by atoms with van der Waals surface area (Å²) in [6.07, 6.45) is 5.83. The van der Waals surface area contributed by atoms with E-state index in [9.17, 15) is 4.79 Å². The van der Waals surface area contributed by atoms with Crippen LogP contribution in [0.5, 0.6) is 0 Å². The normalized spacial score (nSPS) is 18.7. The summed E-state index contributed by atoms with van der Waals surface area (Å²) in [5.41, 5.74) is 1.09. The maximum Gasteiger partial charge on any atom is 0.243 e. The molecule has 0 unspecified atom stereocenters. The minimum Gasteiger partial charge on any atom is -0.301 e. The first-order valence-electron chi connectivity index (χ1n) is 7.64. The highest BCUT2D eigenvalue weighted by molar-refractivity contribution is 7.13. The molecule has 2 aromatic heterocycles. The molecule has 1 amide bonds. The van der Waals surface area contributed by atoms with Crippen molar-refractivity contribution in [2.45, 2.75) is 45.2 Å². The van der Waals surface area contributed by atoms with E-state index in [4.69, 9.17) is 0 Å². The van der Waals surface area contributed by atoms with Gasteiger partial charge in [-0.15, -0.1) is 22.7 Å². The molecule has 1 atom stereocenters. The second-order valence-corrected chi connectivity index (χ2v) is 7.27. The van der Waals surface area contributed by atoms with Crippen molar-refractivity contribution in [1.29, 1.82) is 0 Å². The molecule has 1 fully saturated rings. The highest BCUT2D eigenvalue weighted by atomic mass is 32.1. The molecule has 0 aliphatic carbocycles. The molecule has 1 aliphatic heterocycles. The van der Waals surface area contributed by atoms with Gasteiger partial charge in [0, 0.05) is 23.5 Å². The third-order valence-corrected chi connectivity index (χ3v) is 5.40. The number of carbonyl (C=O) groups excluding carboxylic acids is 1. The summed E-state index contributed by atoms with van der Waals surface area (Å²) < 4.78 is 0. The number of hydrogen-bond acceptors (Lipinski definition) is 6. The van der Waals surface area contributed by atoms with Crippen LogP contribution >= 0.6 is 22.7 Å². The molecule has 3 rings (SSSR count). The quantitative estimate of drug-likeness (QED) is 0.880. The molecule has 118 valence electrons. The molecule has 5 nitrogen and oxygen atoms in total. The number of nitrogens with one attached hydrogen (secondary N) is 1. The van der Waals surface area contributed by atoms with Gasteiger partial charge in [-0.25, -0.2) is 9.97 Å². The van der Waals surface area contributed by atoms with Gasteiger partial charge in [-0.3, -0.25) is 9.69 Å². The van der Waals surface area contributed by atoms with Crippen LogP contribution in [0.2, 0.25) is 0 Å². The standard InChI is InChI=1S/C15H20N4OS2/c1-2-4-13-17-11(10-22-13)9-19-7-3-5-12(19)14(20)18-15-16-6-8-21-15/h6,8,10,12H,2-5,7,9H2,1H3,(H,16,18,20)/t12-/m0/s1. The largest absolute Gasteiger partial charge is 0.301 e. The third-order valence-electron chi connectivity index (χ3n) is 3.76. The Bertz CT molecular complexity index is 611. The Morgan fingerprint density at radius 2 is 2.41 bits per heavy atom. The number of aromatic nitrogens is 2. The molecule has 0 spiro atoms. The topological polar surface area (TPSA) is 58.1 Å². The van der Waals surface area contributed by atoms with E-state index in [1.54, 1.807) is 17.5 Å². The molecular weight excluding hydrogens is 316 g/mol. The maximum atomic E-state index is 12.4. The zero-order valence-electron chi connectivity index (χ0n) is 12.6. The monoisotopic (exact) mass is 336 g/mol. The fourth-order valence-corrected chi connectivity index (χ4v) is 4.17. The summed E-state index contributed by atoms with van der Waals surface area (Å²) in [4.78, 5) is 23.4. The molecule has 1 aliphatic rings. The molecule has 7 heteroatoms. The summed E-state index contributed by atoms with van der Waals surface area (Å²) in [5.74, 6) is 0.0523. The van der Waals surface area contributed by atoms with Crippen molar-refractivity contribution in [2.75, 3.05) is 11.9 Å². The van der Waals surface area contributed by atoms with Crippen molar-refractivity contribution < 1.29 is 4.79 Å². The van der Waals surface area contributed by atoms with Gasteiger partial charge in [0.1, 0.15) is 0 Å².